The number of ether oxygens (including phenoxy) is 1. The van der Waals surface area contributed by atoms with Crippen LogP contribution < -0.4 is 0 Å². The zero-order chi connectivity index (χ0) is 21.4. The highest BCUT2D eigenvalue weighted by Gasteiger charge is 2.32. The number of nitrogens with zero attached hydrogens (tertiary/aromatic N) is 4. The molecule has 0 unspecified atom stereocenters. The number of aromatic nitrogens is 3. The molecule has 0 atom stereocenters. The smallest absolute Gasteiger partial charge is 0.243 e. The molecule has 0 radical (unpaired) electrons. The monoisotopic (exact) mass is 440 g/mol. The summed E-state index contributed by atoms with van der Waals surface area (Å²) in [4.78, 5) is 9.64. The van der Waals surface area contributed by atoms with Gasteiger partial charge in [0.25, 0.3) is 0 Å². The van der Waals surface area contributed by atoms with Crippen molar-refractivity contribution in [3.8, 4) is 0 Å². The van der Waals surface area contributed by atoms with E-state index in [0.717, 1.165) is 49.1 Å². The molecule has 5 rings (SSSR count). The second-order valence-electron chi connectivity index (χ2n) is 8.45. The number of hydrogen-bond donors (Lipinski definition) is 0. The van der Waals surface area contributed by atoms with Gasteiger partial charge in [0.2, 0.25) is 10.0 Å². The summed E-state index contributed by atoms with van der Waals surface area (Å²) >= 11 is 0. The number of methoxy groups -OCH3 is 1. The minimum absolute atomic E-state index is 0.153. The first-order chi connectivity index (χ1) is 15.1. The Morgan fingerprint density at radius 2 is 1.87 bits per heavy atom. The number of aryl methyl sites for hydroxylation is 2. The van der Waals surface area contributed by atoms with Crippen LogP contribution in [0.25, 0.3) is 11.2 Å². The summed E-state index contributed by atoms with van der Waals surface area (Å²) in [6.07, 6.45) is 7.58. The van der Waals surface area contributed by atoms with E-state index in [0.29, 0.717) is 24.6 Å². The molecule has 1 aliphatic heterocycles. The molecular formula is C23H28N4O3S. The van der Waals surface area contributed by atoms with Gasteiger partial charge >= 0.3 is 0 Å². The number of benzene rings is 1. The number of sulfonamides is 1. The van der Waals surface area contributed by atoms with Crippen LogP contribution in [0.3, 0.4) is 0 Å². The fraction of sp³-hybridized carbons (Fsp3) is 0.478. The van der Waals surface area contributed by atoms with Gasteiger partial charge in [0.1, 0.15) is 17.9 Å². The fourth-order valence-corrected chi connectivity index (χ4v) is 6.47. The van der Waals surface area contributed by atoms with Crippen molar-refractivity contribution in [1.82, 2.24) is 18.8 Å². The summed E-state index contributed by atoms with van der Waals surface area (Å²) in [6.45, 7) is 1.38. The number of hydrogen-bond acceptors (Lipinski definition) is 5. The zero-order valence-electron chi connectivity index (χ0n) is 17.8. The van der Waals surface area contributed by atoms with Crippen LogP contribution in [0.2, 0.25) is 0 Å². The molecule has 7 nitrogen and oxygen atoms in total. The van der Waals surface area contributed by atoms with Crippen LogP contribution in [0.1, 0.15) is 48.7 Å². The summed E-state index contributed by atoms with van der Waals surface area (Å²) < 4.78 is 35.8. The largest absolute Gasteiger partial charge is 0.377 e. The summed E-state index contributed by atoms with van der Waals surface area (Å²) in [6, 6.07) is 9.68. The molecule has 1 aromatic carbocycles. The first kappa shape index (κ1) is 20.6. The van der Waals surface area contributed by atoms with Crippen LogP contribution in [0.4, 0.5) is 0 Å². The molecule has 1 fully saturated rings. The van der Waals surface area contributed by atoms with E-state index in [1.54, 1.807) is 23.7 Å². The van der Waals surface area contributed by atoms with Crippen molar-refractivity contribution in [3.63, 3.8) is 0 Å². The van der Waals surface area contributed by atoms with Gasteiger partial charge in [-0.15, -0.1) is 0 Å². The normalized spacial score (nSPS) is 18.4. The average molecular weight is 441 g/mol. The van der Waals surface area contributed by atoms with Crippen molar-refractivity contribution >= 4 is 21.2 Å². The van der Waals surface area contributed by atoms with E-state index < -0.39 is 10.0 Å². The standard InChI is InChI=1S/C23H28N4O3S/c1-30-16-22-25-21-7-4-12-24-23(21)27(22)19-10-13-26(14-11-19)31(28,29)20-9-8-17-5-2-3-6-18(17)15-20/h4,7-9,12,15,19H,2-3,5-6,10-11,13-14,16H2,1H3. The molecule has 164 valence electrons. The van der Waals surface area contributed by atoms with Crippen LogP contribution >= 0.6 is 0 Å². The Kier molecular flexibility index (Phi) is 5.54. The molecular weight excluding hydrogens is 412 g/mol. The summed E-state index contributed by atoms with van der Waals surface area (Å²) in [7, 11) is -1.82. The second-order valence-corrected chi connectivity index (χ2v) is 10.4. The maximum Gasteiger partial charge on any atom is 0.243 e. The van der Waals surface area contributed by atoms with Crippen LogP contribution in [-0.2, 0) is 34.2 Å². The molecule has 2 aromatic heterocycles. The number of pyridine rings is 1. The van der Waals surface area contributed by atoms with E-state index in [9.17, 15) is 8.42 Å². The number of rotatable bonds is 5. The Morgan fingerprint density at radius 3 is 2.65 bits per heavy atom. The molecule has 0 spiro atoms. The Bertz CT molecular complexity index is 1200. The molecule has 1 saturated heterocycles. The van der Waals surface area contributed by atoms with Crippen LogP contribution in [0.15, 0.2) is 41.4 Å². The van der Waals surface area contributed by atoms with E-state index in [1.165, 1.54) is 17.5 Å². The number of piperidine rings is 1. The maximum atomic E-state index is 13.3. The van der Waals surface area contributed by atoms with Gasteiger partial charge in [-0.2, -0.15) is 4.31 Å². The van der Waals surface area contributed by atoms with Gasteiger partial charge in [-0.1, -0.05) is 6.07 Å². The second kappa shape index (κ2) is 8.33. The van der Waals surface area contributed by atoms with E-state index >= 15 is 0 Å². The van der Waals surface area contributed by atoms with E-state index in [1.807, 2.05) is 24.3 Å². The third-order valence-electron chi connectivity index (χ3n) is 6.54. The Labute approximate surface area is 183 Å². The summed E-state index contributed by atoms with van der Waals surface area (Å²) in [5.74, 6) is 0.840. The van der Waals surface area contributed by atoms with Crippen molar-refractivity contribution < 1.29 is 13.2 Å². The van der Waals surface area contributed by atoms with Gasteiger partial charge in [-0.25, -0.2) is 18.4 Å². The summed E-state index contributed by atoms with van der Waals surface area (Å²) in [5.41, 5.74) is 4.18. The third-order valence-corrected chi connectivity index (χ3v) is 8.44. The molecule has 3 aromatic rings. The lowest BCUT2D eigenvalue weighted by Gasteiger charge is -2.33. The van der Waals surface area contributed by atoms with Crippen molar-refractivity contribution in [3.05, 3.63) is 53.5 Å². The average Bonchev–Trinajstić information content (AvgIpc) is 3.17. The lowest BCUT2D eigenvalue weighted by atomic mass is 9.92. The van der Waals surface area contributed by atoms with Crippen molar-refractivity contribution in [1.29, 1.82) is 0 Å². The van der Waals surface area contributed by atoms with Gasteiger partial charge in [0.15, 0.2) is 5.65 Å². The molecule has 8 heteroatoms. The van der Waals surface area contributed by atoms with Gasteiger partial charge in [0, 0.05) is 32.4 Å². The lowest BCUT2D eigenvalue weighted by molar-refractivity contribution is 0.168. The number of imidazole rings is 1. The van der Waals surface area contributed by atoms with E-state index in [2.05, 4.69) is 14.5 Å². The Morgan fingerprint density at radius 1 is 1.10 bits per heavy atom. The first-order valence-electron chi connectivity index (χ1n) is 11.0. The van der Waals surface area contributed by atoms with E-state index in [4.69, 9.17) is 4.74 Å². The minimum atomic E-state index is -3.48. The van der Waals surface area contributed by atoms with E-state index in [-0.39, 0.29) is 6.04 Å². The topological polar surface area (TPSA) is 77.3 Å². The predicted octanol–water partition coefficient (Wildman–Crippen LogP) is 3.48. The van der Waals surface area contributed by atoms with Gasteiger partial charge in [0.05, 0.1) is 4.90 Å². The third kappa shape index (κ3) is 3.77. The summed E-state index contributed by atoms with van der Waals surface area (Å²) in [5, 5.41) is 0. The van der Waals surface area contributed by atoms with Crippen LogP contribution in [-0.4, -0.2) is 47.5 Å². The van der Waals surface area contributed by atoms with Crippen LogP contribution in [0.5, 0.6) is 0 Å². The molecule has 0 saturated carbocycles. The molecule has 0 amide bonds. The Hall–Kier alpha value is -2.29. The van der Waals surface area contributed by atoms with Crippen molar-refractivity contribution in [2.24, 2.45) is 0 Å². The van der Waals surface area contributed by atoms with Gasteiger partial charge in [-0.05, 0) is 73.9 Å². The highest BCUT2D eigenvalue weighted by molar-refractivity contribution is 7.89. The van der Waals surface area contributed by atoms with Gasteiger partial charge < -0.3 is 9.30 Å². The molecule has 1 aliphatic carbocycles. The SMILES string of the molecule is COCc1nc2cccnc2n1C1CCN(S(=O)(=O)c2ccc3c(c2)CCCC3)CC1. The molecule has 0 N–H and O–H groups in total. The quantitative estimate of drug-likeness (QED) is 0.607. The molecule has 3 heterocycles. The van der Waals surface area contributed by atoms with Crippen LogP contribution in [0, 0.1) is 0 Å². The van der Waals surface area contributed by atoms with Gasteiger partial charge in [-0.3, -0.25) is 0 Å². The highest BCUT2D eigenvalue weighted by Crippen LogP contribution is 2.32. The molecule has 0 bridgehead atoms. The zero-order valence-corrected chi connectivity index (χ0v) is 18.6. The fourth-order valence-electron chi connectivity index (χ4n) is 4.95. The molecule has 2 aliphatic rings. The molecule has 31 heavy (non-hydrogen) atoms. The lowest BCUT2D eigenvalue weighted by Crippen LogP contribution is -2.39. The maximum absolute atomic E-state index is 13.3. The van der Waals surface area contributed by atoms with Crippen molar-refractivity contribution in [2.45, 2.75) is 56.1 Å². The van der Waals surface area contributed by atoms with Crippen molar-refractivity contribution in [2.75, 3.05) is 20.2 Å². The minimum Gasteiger partial charge on any atom is -0.377 e. The number of fused-ring (bicyclic) bond motifs is 2. The highest BCUT2D eigenvalue weighted by atomic mass is 32.2. The Balaban J connectivity index is 1.37. The first-order valence-corrected chi connectivity index (χ1v) is 12.4. The predicted molar refractivity (Wildman–Crippen MR) is 118 cm³/mol.